The number of rotatable bonds is 5. The molecule has 3 unspecified atom stereocenters. The lowest BCUT2D eigenvalue weighted by molar-refractivity contribution is -0.118. The number of anilines is 1. The molecule has 1 aromatic rings. The van der Waals surface area contributed by atoms with Gasteiger partial charge in [0.2, 0.25) is 5.91 Å². The zero-order valence-corrected chi connectivity index (χ0v) is 14.2. The van der Waals surface area contributed by atoms with Gasteiger partial charge in [0, 0.05) is 38.3 Å². The van der Waals surface area contributed by atoms with Gasteiger partial charge in [-0.15, -0.1) is 0 Å². The number of pyridine rings is 1. The predicted molar refractivity (Wildman–Crippen MR) is 88.7 cm³/mol. The molecule has 2 fully saturated rings. The Balaban J connectivity index is 1.71. The van der Waals surface area contributed by atoms with Gasteiger partial charge in [0.05, 0.1) is 0 Å². The van der Waals surface area contributed by atoms with Crippen LogP contribution < -0.4 is 4.90 Å². The number of carbonyl (C=O) groups excluding carboxylic acids is 1. The number of amides is 1. The Bertz CT molecular complexity index is 545. The Morgan fingerprint density at radius 3 is 2.59 bits per heavy atom. The first-order chi connectivity index (χ1) is 10.4. The molecule has 1 aliphatic heterocycles. The minimum atomic E-state index is 0.145. The average Bonchev–Trinajstić information content (AvgIpc) is 2.89. The molecule has 1 aromatic heterocycles. The van der Waals surface area contributed by atoms with Crippen molar-refractivity contribution >= 4 is 11.7 Å². The molecule has 1 amide bonds. The summed E-state index contributed by atoms with van der Waals surface area (Å²) in [6.45, 7) is 12.1. The minimum Gasteiger partial charge on any atom is -0.300 e. The summed E-state index contributed by atoms with van der Waals surface area (Å²) >= 11 is 0. The maximum atomic E-state index is 12.4. The van der Waals surface area contributed by atoms with Crippen molar-refractivity contribution in [1.29, 1.82) is 0 Å². The number of nitrogens with zero attached hydrogens (tertiary/aromatic N) is 3. The lowest BCUT2D eigenvalue weighted by Crippen LogP contribution is -2.46. The zero-order chi connectivity index (χ0) is 16.0. The average molecular weight is 301 g/mol. The van der Waals surface area contributed by atoms with Gasteiger partial charge in [-0.1, -0.05) is 26.8 Å². The van der Waals surface area contributed by atoms with Crippen molar-refractivity contribution in [2.75, 3.05) is 24.5 Å². The monoisotopic (exact) mass is 301 g/mol. The molecule has 3 rings (SSSR count). The normalized spacial score (nSPS) is 31.6. The molecule has 0 bridgehead atoms. The van der Waals surface area contributed by atoms with Crippen molar-refractivity contribution in [3.63, 3.8) is 0 Å². The lowest BCUT2D eigenvalue weighted by Gasteiger charge is -2.32. The first-order valence-corrected chi connectivity index (χ1v) is 8.34. The second-order valence-corrected chi connectivity index (χ2v) is 7.62. The van der Waals surface area contributed by atoms with E-state index in [4.69, 9.17) is 0 Å². The number of hydrogen-bond acceptors (Lipinski definition) is 3. The molecular weight excluding hydrogens is 274 g/mol. The molecule has 0 radical (unpaired) electrons. The standard InChI is InChI=1S/C18H27N3O/c1-5-16(22)21(15-8-6-7-9-19-15)14(2)10-20-12-17(3)11-18(17,4)13-20/h6-9,14H,5,10-13H2,1-4H3. The minimum absolute atomic E-state index is 0.145. The Hall–Kier alpha value is -1.42. The van der Waals surface area contributed by atoms with Crippen LogP contribution in [0, 0.1) is 10.8 Å². The van der Waals surface area contributed by atoms with Gasteiger partial charge in [0.1, 0.15) is 5.82 Å². The van der Waals surface area contributed by atoms with Crippen LogP contribution in [0.25, 0.3) is 0 Å². The molecule has 1 aliphatic carbocycles. The summed E-state index contributed by atoms with van der Waals surface area (Å²) < 4.78 is 0. The number of carbonyl (C=O) groups is 1. The third kappa shape index (κ3) is 2.54. The molecule has 1 saturated heterocycles. The van der Waals surface area contributed by atoms with E-state index in [2.05, 4.69) is 30.7 Å². The molecule has 0 spiro atoms. The molecule has 0 N–H and O–H groups in total. The highest BCUT2D eigenvalue weighted by atomic mass is 16.2. The Kier molecular flexibility index (Phi) is 3.76. The molecule has 1 saturated carbocycles. The maximum absolute atomic E-state index is 12.4. The largest absolute Gasteiger partial charge is 0.300 e. The van der Waals surface area contributed by atoms with Gasteiger partial charge in [-0.3, -0.25) is 9.69 Å². The van der Waals surface area contributed by atoms with E-state index < -0.39 is 0 Å². The Morgan fingerprint density at radius 1 is 1.36 bits per heavy atom. The van der Waals surface area contributed by atoms with E-state index in [1.807, 2.05) is 30.0 Å². The Labute approximate surface area is 133 Å². The number of aromatic nitrogens is 1. The first kappa shape index (κ1) is 15.5. The molecule has 4 heteroatoms. The summed E-state index contributed by atoms with van der Waals surface area (Å²) in [5.41, 5.74) is 0.995. The smallest absolute Gasteiger partial charge is 0.228 e. The van der Waals surface area contributed by atoms with Crippen LogP contribution in [0.15, 0.2) is 24.4 Å². The van der Waals surface area contributed by atoms with Gasteiger partial charge in [-0.05, 0) is 36.3 Å². The molecule has 4 nitrogen and oxygen atoms in total. The number of likely N-dealkylation sites (tertiary alicyclic amines) is 1. The summed E-state index contributed by atoms with van der Waals surface area (Å²) in [5, 5.41) is 0. The van der Waals surface area contributed by atoms with Gasteiger partial charge in [0.25, 0.3) is 0 Å². The van der Waals surface area contributed by atoms with Crippen LogP contribution in [0.2, 0.25) is 0 Å². The second kappa shape index (κ2) is 5.34. The van der Waals surface area contributed by atoms with Crippen LogP contribution >= 0.6 is 0 Å². The summed E-state index contributed by atoms with van der Waals surface area (Å²) in [6.07, 6.45) is 3.62. The van der Waals surface area contributed by atoms with Gasteiger partial charge >= 0.3 is 0 Å². The fourth-order valence-electron chi connectivity index (χ4n) is 4.20. The van der Waals surface area contributed by atoms with Crippen LogP contribution in [0.3, 0.4) is 0 Å². The van der Waals surface area contributed by atoms with Gasteiger partial charge in [0.15, 0.2) is 0 Å². The quantitative estimate of drug-likeness (QED) is 0.839. The molecule has 22 heavy (non-hydrogen) atoms. The van der Waals surface area contributed by atoms with Crippen molar-refractivity contribution in [1.82, 2.24) is 9.88 Å². The SMILES string of the molecule is CCC(=O)N(c1ccccn1)C(C)CN1CC2(C)CC2(C)C1. The third-order valence-corrected chi connectivity index (χ3v) is 5.69. The van der Waals surface area contributed by atoms with Crippen molar-refractivity contribution in [2.24, 2.45) is 10.8 Å². The number of piperidine rings is 1. The molecular formula is C18H27N3O. The molecule has 0 aromatic carbocycles. The van der Waals surface area contributed by atoms with Crippen molar-refractivity contribution in [2.45, 2.75) is 46.6 Å². The van der Waals surface area contributed by atoms with Crippen LogP contribution in [-0.4, -0.2) is 41.5 Å². The van der Waals surface area contributed by atoms with Crippen molar-refractivity contribution in [3.8, 4) is 0 Å². The van der Waals surface area contributed by atoms with E-state index in [0.717, 1.165) is 25.5 Å². The summed E-state index contributed by atoms with van der Waals surface area (Å²) in [5.74, 6) is 0.914. The van der Waals surface area contributed by atoms with E-state index in [0.29, 0.717) is 17.3 Å². The van der Waals surface area contributed by atoms with Crippen LogP contribution in [0.4, 0.5) is 5.82 Å². The fourth-order valence-corrected chi connectivity index (χ4v) is 4.20. The molecule has 3 atom stereocenters. The third-order valence-electron chi connectivity index (χ3n) is 5.69. The van der Waals surface area contributed by atoms with Gasteiger partial charge in [-0.25, -0.2) is 4.98 Å². The lowest BCUT2D eigenvalue weighted by atomic mass is 10.0. The van der Waals surface area contributed by atoms with E-state index >= 15 is 0 Å². The van der Waals surface area contributed by atoms with Gasteiger partial charge in [-0.2, -0.15) is 0 Å². The van der Waals surface area contributed by atoms with Gasteiger partial charge < -0.3 is 4.90 Å². The fraction of sp³-hybridized carbons (Fsp3) is 0.667. The van der Waals surface area contributed by atoms with Crippen LogP contribution in [-0.2, 0) is 4.79 Å². The van der Waals surface area contributed by atoms with Crippen LogP contribution in [0.1, 0.15) is 40.5 Å². The summed E-state index contributed by atoms with van der Waals surface area (Å²) in [4.78, 5) is 21.2. The van der Waals surface area contributed by atoms with Crippen molar-refractivity contribution in [3.05, 3.63) is 24.4 Å². The first-order valence-electron chi connectivity index (χ1n) is 8.34. The second-order valence-electron chi connectivity index (χ2n) is 7.62. The van der Waals surface area contributed by atoms with E-state index in [1.165, 1.54) is 6.42 Å². The Morgan fingerprint density at radius 2 is 2.05 bits per heavy atom. The highest BCUT2D eigenvalue weighted by Gasteiger charge is 2.65. The topological polar surface area (TPSA) is 36.4 Å². The molecule has 120 valence electrons. The van der Waals surface area contributed by atoms with Crippen LogP contribution in [0.5, 0.6) is 0 Å². The van der Waals surface area contributed by atoms with Crippen molar-refractivity contribution < 1.29 is 4.79 Å². The zero-order valence-electron chi connectivity index (χ0n) is 14.2. The molecule has 2 aliphatic rings. The number of fused-ring (bicyclic) bond motifs is 1. The van der Waals surface area contributed by atoms with E-state index in [1.54, 1.807) is 6.20 Å². The highest BCUT2D eigenvalue weighted by molar-refractivity contribution is 5.92. The number of hydrogen-bond donors (Lipinski definition) is 0. The summed E-state index contributed by atoms with van der Waals surface area (Å²) in [6, 6.07) is 5.90. The highest BCUT2D eigenvalue weighted by Crippen LogP contribution is 2.67. The maximum Gasteiger partial charge on any atom is 0.228 e. The molecule has 2 heterocycles. The van der Waals surface area contributed by atoms with E-state index in [-0.39, 0.29) is 11.9 Å². The van der Waals surface area contributed by atoms with E-state index in [9.17, 15) is 4.79 Å². The summed E-state index contributed by atoms with van der Waals surface area (Å²) in [7, 11) is 0. The predicted octanol–water partition coefficient (Wildman–Crippen LogP) is 2.95.